The Hall–Kier alpha value is -0.610. The monoisotopic (exact) mass is 157 g/mol. The maximum atomic E-state index is 11.0. The Morgan fingerprint density at radius 3 is 2.91 bits per heavy atom. The van der Waals surface area contributed by atoms with E-state index in [-0.39, 0.29) is 18.1 Å². The van der Waals surface area contributed by atoms with Crippen molar-refractivity contribution in [1.29, 1.82) is 0 Å². The van der Waals surface area contributed by atoms with Gasteiger partial charge in [0.05, 0.1) is 0 Å². The molecule has 0 aromatic carbocycles. The minimum atomic E-state index is -0.590. The van der Waals surface area contributed by atoms with Gasteiger partial charge in [-0.3, -0.25) is 4.79 Å². The van der Waals surface area contributed by atoms with Gasteiger partial charge in [0.2, 0.25) is 0 Å². The van der Waals surface area contributed by atoms with Crippen molar-refractivity contribution in [3.8, 4) is 0 Å². The highest BCUT2D eigenvalue weighted by Gasteiger charge is 2.48. The van der Waals surface area contributed by atoms with Gasteiger partial charge in [-0.2, -0.15) is 0 Å². The topological polar surface area (TPSA) is 47.6 Å². The number of carbonyl (C=O) groups is 1. The van der Waals surface area contributed by atoms with Crippen molar-refractivity contribution in [3.63, 3.8) is 0 Å². The van der Waals surface area contributed by atoms with Gasteiger partial charge in [-0.15, -0.1) is 0 Å². The van der Waals surface area contributed by atoms with Crippen LogP contribution in [-0.2, 0) is 14.3 Å². The Balaban J connectivity index is 2.16. The normalized spacial score (nSPS) is 40.4. The van der Waals surface area contributed by atoms with Crippen molar-refractivity contribution >= 4 is 5.91 Å². The molecule has 0 unspecified atom stereocenters. The summed E-state index contributed by atoms with van der Waals surface area (Å²) < 4.78 is 10.8. The number of nitrogens with one attached hydrogen (secondary N) is 1. The zero-order chi connectivity index (χ0) is 8.06. The zero-order valence-electron chi connectivity index (χ0n) is 6.59. The highest BCUT2D eigenvalue weighted by molar-refractivity contribution is 5.84. The van der Waals surface area contributed by atoms with E-state index >= 15 is 0 Å². The molecule has 2 aliphatic heterocycles. The third-order valence-corrected chi connectivity index (χ3v) is 1.92. The van der Waals surface area contributed by atoms with Crippen LogP contribution in [0.3, 0.4) is 0 Å². The lowest BCUT2D eigenvalue weighted by Crippen LogP contribution is -2.30. The van der Waals surface area contributed by atoms with E-state index in [1.54, 1.807) is 0 Å². The van der Waals surface area contributed by atoms with Gasteiger partial charge in [0.15, 0.2) is 11.9 Å². The molecule has 0 aliphatic carbocycles. The second-order valence-corrected chi connectivity index (χ2v) is 3.34. The zero-order valence-corrected chi connectivity index (χ0v) is 6.59. The lowest BCUT2D eigenvalue weighted by molar-refractivity contribution is -0.159. The molecule has 0 bridgehead atoms. The van der Waals surface area contributed by atoms with Crippen LogP contribution in [0.15, 0.2) is 0 Å². The van der Waals surface area contributed by atoms with E-state index in [9.17, 15) is 4.79 Å². The molecule has 0 spiro atoms. The molecule has 2 atom stereocenters. The Bertz CT molecular complexity index is 202. The van der Waals surface area contributed by atoms with Gasteiger partial charge in [-0.25, -0.2) is 0 Å². The van der Waals surface area contributed by atoms with Gasteiger partial charge in [0.25, 0.3) is 5.91 Å². The SMILES string of the molecule is CC1(C)O[C@@H]2CNC(=O)[C@@H]2O1. The minimum Gasteiger partial charge on any atom is -0.351 e. The summed E-state index contributed by atoms with van der Waals surface area (Å²) in [6.45, 7) is 4.21. The largest absolute Gasteiger partial charge is 0.351 e. The minimum absolute atomic E-state index is 0.0550. The van der Waals surface area contributed by atoms with E-state index in [2.05, 4.69) is 5.32 Å². The Morgan fingerprint density at radius 2 is 2.27 bits per heavy atom. The van der Waals surface area contributed by atoms with Crippen molar-refractivity contribution in [2.75, 3.05) is 6.54 Å². The standard InChI is InChI=1S/C7H11NO3/c1-7(2)10-4-3-8-6(9)5(4)11-7/h4-5H,3H2,1-2H3,(H,8,9)/t4-,5-/m1/s1. The first-order chi connectivity index (χ1) is 5.08. The number of hydrogen-bond donors (Lipinski definition) is 1. The second-order valence-electron chi connectivity index (χ2n) is 3.34. The Kier molecular flexibility index (Phi) is 1.25. The molecule has 1 N–H and O–H groups in total. The quantitative estimate of drug-likeness (QED) is 0.522. The van der Waals surface area contributed by atoms with Gasteiger partial charge < -0.3 is 14.8 Å². The first-order valence-corrected chi connectivity index (χ1v) is 3.72. The summed E-state index contributed by atoms with van der Waals surface area (Å²) in [7, 11) is 0. The van der Waals surface area contributed by atoms with Crippen molar-refractivity contribution < 1.29 is 14.3 Å². The van der Waals surface area contributed by atoms with E-state index < -0.39 is 5.79 Å². The number of rotatable bonds is 0. The Morgan fingerprint density at radius 1 is 1.55 bits per heavy atom. The molecule has 4 heteroatoms. The number of hydrogen-bond acceptors (Lipinski definition) is 3. The van der Waals surface area contributed by atoms with Gasteiger partial charge >= 0.3 is 0 Å². The fraction of sp³-hybridized carbons (Fsp3) is 0.857. The summed E-state index contributed by atoms with van der Waals surface area (Å²) in [6.07, 6.45) is -0.470. The van der Waals surface area contributed by atoms with E-state index in [0.29, 0.717) is 6.54 Å². The molecule has 1 amide bonds. The number of carbonyl (C=O) groups excluding carboxylic acids is 1. The summed E-state index contributed by atoms with van der Waals surface area (Å²) in [5, 5.41) is 2.67. The molecule has 62 valence electrons. The molecule has 0 saturated carbocycles. The van der Waals surface area contributed by atoms with Crippen LogP contribution >= 0.6 is 0 Å². The third kappa shape index (κ3) is 1.02. The van der Waals surface area contributed by atoms with Crippen LogP contribution in [0.5, 0.6) is 0 Å². The summed E-state index contributed by atoms with van der Waals surface area (Å²) in [5.74, 6) is -0.645. The molecule has 2 aliphatic rings. The van der Waals surface area contributed by atoms with Crippen LogP contribution in [-0.4, -0.2) is 30.4 Å². The average molecular weight is 157 g/mol. The van der Waals surface area contributed by atoms with Gasteiger partial charge in [-0.05, 0) is 13.8 Å². The van der Waals surface area contributed by atoms with Gasteiger partial charge in [0, 0.05) is 6.54 Å². The Labute approximate surface area is 64.9 Å². The fourth-order valence-corrected chi connectivity index (χ4v) is 1.51. The molecule has 0 radical (unpaired) electrons. The lowest BCUT2D eigenvalue weighted by Gasteiger charge is -2.17. The summed E-state index contributed by atoms with van der Waals surface area (Å²) in [5.41, 5.74) is 0. The molecule has 2 fully saturated rings. The summed E-state index contributed by atoms with van der Waals surface area (Å²) in [4.78, 5) is 11.0. The number of ether oxygens (including phenoxy) is 2. The summed E-state index contributed by atoms with van der Waals surface area (Å²) in [6, 6.07) is 0. The molecule has 4 nitrogen and oxygen atoms in total. The lowest BCUT2D eigenvalue weighted by atomic mass is 10.3. The highest BCUT2D eigenvalue weighted by Crippen LogP contribution is 2.30. The van der Waals surface area contributed by atoms with Crippen molar-refractivity contribution in [2.24, 2.45) is 0 Å². The molecule has 2 saturated heterocycles. The maximum absolute atomic E-state index is 11.0. The second kappa shape index (κ2) is 1.95. The third-order valence-electron chi connectivity index (χ3n) is 1.92. The first kappa shape index (κ1) is 7.06. The molecule has 0 aromatic heterocycles. The predicted octanol–water partition coefficient (Wildman–Crippen LogP) is -0.364. The van der Waals surface area contributed by atoms with Crippen molar-refractivity contribution in [3.05, 3.63) is 0 Å². The van der Waals surface area contributed by atoms with E-state index in [4.69, 9.17) is 9.47 Å². The van der Waals surface area contributed by atoms with Crippen LogP contribution in [0, 0.1) is 0 Å². The first-order valence-electron chi connectivity index (χ1n) is 3.72. The summed E-state index contributed by atoms with van der Waals surface area (Å²) >= 11 is 0. The average Bonchev–Trinajstić information content (AvgIpc) is 2.31. The highest BCUT2D eigenvalue weighted by atomic mass is 16.8. The van der Waals surface area contributed by atoms with Gasteiger partial charge in [0.1, 0.15) is 6.10 Å². The molecule has 0 aromatic rings. The van der Waals surface area contributed by atoms with Crippen LogP contribution in [0.2, 0.25) is 0 Å². The van der Waals surface area contributed by atoms with Crippen molar-refractivity contribution in [1.82, 2.24) is 5.32 Å². The van der Waals surface area contributed by atoms with Crippen LogP contribution in [0.25, 0.3) is 0 Å². The van der Waals surface area contributed by atoms with Crippen LogP contribution < -0.4 is 5.32 Å². The molecular weight excluding hydrogens is 146 g/mol. The van der Waals surface area contributed by atoms with Crippen LogP contribution in [0.1, 0.15) is 13.8 Å². The predicted molar refractivity (Wildman–Crippen MR) is 36.8 cm³/mol. The van der Waals surface area contributed by atoms with Crippen molar-refractivity contribution in [2.45, 2.75) is 31.8 Å². The smallest absolute Gasteiger partial charge is 0.252 e. The van der Waals surface area contributed by atoms with E-state index in [0.717, 1.165) is 0 Å². The van der Waals surface area contributed by atoms with Gasteiger partial charge in [-0.1, -0.05) is 0 Å². The molecule has 11 heavy (non-hydrogen) atoms. The molecule has 2 heterocycles. The number of fused-ring (bicyclic) bond motifs is 1. The maximum Gasteiger partial charge on any atom is 0.252 e. The molecule has 2 rings (SSSR count). The van der Waals surface area contributed by atoms with E-state index in [1.807, 2.05) is 13.8 Å². The number of amides is 1. The van der Waals surface area contributed by atoms with E-state index in [1.165, 1.54) is 0 Å². The van der Waals surface area contributed by atoms with Crippen LogP contribution in [0.4, 0.5) is 0 Å². The molecular formula is C7H11NO3. The fourth-order valence-electron chi connectivity index (χ4n) is 1.51.